The Kier molecular flexibility index (Phi) is 4.16. The molecule has 2 rings (SSSR count). The monoisotopic (exact) mass is 332 g/mol. The highest BCUT2D eigenvalue weighted by Gasteiger charge is 2.42. The Hall–Kier alpha value is -1.34. The molecular weight excluding hydrogens is 313 g/mol. The van der Waals surface area contributed by atoms with Crippen molar-refractivity contribution in [2.45, 2.75) is 51.2 Å². The maximum absolute atomic E-state index is 12.8. The van der Waals surface area contributed by atoms with Gasteiger partial charge in [-0.3, -0.25) is 0 Å². The number of hydrogen-bond acceptors (Lipinski definition) is 2. The van der Waals surface area contributed by atoms with E-state index in [4.69, 9.17) is 12.2 Å². The number of alkyl halides is 3. The molecule has 122 valence electrons. The minimum Gasteiger partial charge on any atom is -0.371 e. The van der Waals surface area contributed by atoms with Gasteiger partial charge < -0.3 is 15.3 Å². The van der Waals surface area contributed by atoms with E-state index >= 15 is 0 Å². The average Bonchev–Trinajstić information content (AvgIpc) is 2.31. The number of halogens is 3. The molecule has 0 spiro atoms. The van der Waals surface area contributed by atoms with Crippen LogP contribution in [-0.2, 0) is 12.7 Å². The van der Waals surface area contributed by atoms with Gasteiger partial charge in [0.2, 0.25) is 0 Å². The largest absolute Gasteiger partial charge is 0.416 e. The van der Waals surface area contributed by atoms with E-state index in [0.717, 1.165) is 12.1 Å². The summed E-state index contributed by atoms with van der Waals surface area (Å²) in [7, 11) is 0. The Morgan fingerprint density at radius 3 is 2.50 bits per heavy atom. The molecule has 1 saturated heterocycles. The Labute approximate surface area is 133 Å². The molecule has 0 saturated carbocycles. The summed E-state index contributed by atoms with van der Waals surface area (Å²) in [6, 6.07) is 5.06. The molecule has 0 aliphatic carbocycles. The smallest absolute Gasteiger partial charge is 0.371 e. The Bertz CT molecular complexity index is 584. The van der Waals surface area contributed by atoms with Crippen LogP contribution in [0.3, 0.4) is 0 Å². The van der Waals surface area contributed by atoms with Crippen molar-refractivity contribution in [3.05, 3.63) is 35.4 Å². The van der Waals surface area contributed by atoms with Gasteiger partial charge in [0.05, 0.1) is 5.56 Å². The van der Waals surface area contributed by atoms with Gasteiger partial charge >= 0.3 is 6.18 Å². The van der Waals surface area contributed by atoms with E-state index in [1.54, 1.807) is 13.0 Å². The molecular formula is C15H19F3N2OS. The summed E-state index contributed by atoms with van der Waals surface area (Å²) >= 11 is 5.26. The van der Waals surface area contributed by atoms with Gasteiger partial charge in [0.15, 0.2) is 5.11 Å². The quantitative estimate of drug-likeness (QED) is 0.815. The molecule has 22 heavy (non-hydrogen) atoms. The van der Waals surface area contributed by atoms with Gasteiger partial charge in [-0.05, 0) is 50.7 Å². The lowest BCUT2D eigenvalue weighted by atomic mass is 9.90. The first-order valence-electron chi connectivity index (χ1n) is 6.89. The molecule has 0 radical (unpaired) electrons. The molecule has 0 bridgehead atoms. The Balaban J connectivity index is 2.25. The minimum absolute atomic E-state index is 0.110. The van der Waals surface area contributed by atoms with Crippen molar-refractivity contribution in [1.29, 1.82) is 0 Å². The Morgan fingerprint density at radius 1 is 1.32 bits per heavy atom. The zero-order valence-corrected chi connectivity index (χ0v) is 13.5. The van der Waals surface area contributed by atoms with E-state index in [-0.39, 0.29) is 12.1 Å². The number of aliphatic hydroxyl groups is 1. The predicted molar refractivity (Wildman–Crippen MR) is 82.0 cm³/mol. The fourth-order valence-electron chi connectivity index (χ4n) is 2.82. The SMILES string of the molecule is CC1(C)C[C@@](C)(O)N(Cc2cccc(C(F)(F)F)c2)C(=S)N1. The molecule has 1 fully saturated rings. The van der Waals surface area contributed by atoms with Gasteiger partial charge in [0, 0.05) is 18.5 Å². The van der Waals surface area contributed by atoms with Gasteiger partial charge in [-0.15, -0.1) is 0 Å². The molecule has 2 N–H and O–H groups in total. The summed E-state index contributed by atoms with van der Waals surface area (Å²) in [5.74, 6) is 0. The molecule has 0 aromatic heterocycles. The topological polar surface area (TPSA) is 35.5 Å². The van der Waals surface area contributed by atoms with Crippen LogP contribution in [-0.4, -0.2) is 26.4 Å². The van der Waals surface area contributed by atoms with E-state index < -0.39 is 17.5 Å². The standard InChI is InChI=1S/C15H19F3N2OS/c1-13(2)9-14(3,21)20(12(22)19-13)8-10-5-4-6-11(7-10)15(16,17)18/h4-7,21H,8-9H2,1-3H3,(H,19,22)/t14-/m1/s1. The van der Waals surface area contributed by atoms with Crippen molar-refractivity contribution in [1.82, 2.24) is 10.2 Å². The third-order valence-electron chi connectivity index (χ3n) is 3.64. The highest BCUT2D eigenvalue weighted by atomic mass is 32.1. The second-order valence-corrected chi connectivity index (χ2v) is 6.88. The molecule has 1 aliphatic heterocycles. The Morgan fingerprint density at radius 2 is 1.95 bits per heavy atom. The zero-order chi connectivity index (χ0) is 16.8. The van der Waals surface area contributed by atoms with Crippen LogP contribution in [0.4, 0.5) is 13.2 Å². The van der Waals surface area contributed by atoms with Crippen molar-refractivity contribution in [2.24, 2.45) is 0 Å². The van der Waals surface area contributed by atoms with Crippen molar-refractivity contribution in [3.8, 4) is 0 Å². The van der Waals surface area contributed by atoms with Crippen LogP contribution < -0.4 is 5.32 Å². The van der Waals surface area contributed by atoms with Crippen LogP contribution in [0.2, 0.25) is 0 Å². The van der Waals surface area contributed by atoms with E-state index in [1.807, 2.05) is 13.8 Å². The summed E-state index contributed by atoms with van der Waals surface area (Å²) in [4.78, 5) is 1.52. The maximum atomic E-state index is 12.8. The number of nitrogens with zero attached hydrogens (tertiary/aromatic N) is 1. The summed E-state index contributed by atoms with van der Waals surface area (Å²) in [6.45, 7) is 5.55. The average molecular weight is 332 g/mol. The van der Waals surface area contributed by atoms with Crippen LogP contribution >= 0.6 is 12.2 Å². The van der Waals surface area contributed by atoms with Gasteiger partial charge in [-0.1, -0.05) is 12.1 Å². The van der Waals surface area contributed by atoms with Gasteiger partial charge in [0.25, 0.3) is 0 Å². The lowest BCUT2D eigenvalue weighted by Crippen LogP contribution is -2.65. The zero-order valence-electron chi connectivity index (χ0n) is 12.7. The molecule has 7 heteroatoms. The first-order chi connectivity index (χ1) is 9.91. The minimum atomic E-state index is -4.39. The highest BCUT2D eigenvalue weighted by Crippen LogP contribution is 2.33. The molecule has 1 aromatic carbocycles. The van der Waals surface area contributed by atoms with E-state index in [0.29, 0.717) is 17.1 Å². The second-order valence-electron chi connectivity index (χ2n) is 6.49. The van der Waals surface area contributed by atoms with Crippen molar-refractivity contribution < 1.29 is 18.3 Å². The summed E-state index contributed by atoms with van der Waals surface area (Å²) in [6.07, 6.45) is -3.99. The first kappa shape index (κ1) is 17.0. The van der Waals surface area contributed by atoms with Crippen LogP contribution in [0.1, 0.15) is 38.3 Å². The summed E-state index contributed by atoms with van der Waals surface area (Å²) in [5.41, 5.74) is -1.86. The van der Waals surface area contributed by atoms with Crippen molar-refractivity contribution in [3.63, 3.8) is 0 Å². The van der Waals surface area contributed by atoms with Crippen molar-refractivity contribution >= 4 is 17.3 Å². The number of rotatable bonds is 2. The maximum Gasteiger partial charge on any atom is 0.416 e. The summed E-state index contributed by atoms with van der Waals surface area (Å²) in [5, 5.41) is 14.0. The van der Waals surface area contributed by atoms with Crippen LogP contribution in [0, 0.1) is 0 Å². The normalized spacial score (nSPS) is 25.0. The lowest BCUT2D eigenvalue weighted by molar-refractivity contribution is -0.137. The fourth-order valence-corrected chi connectivity index (χ4v) is 3.36. The number of nitrogens with one attached hydrogen (secondary N) is 1. The number of thiocarbonyl (C=S) groups is 1. The lowest BCUT2D eigenvalue weighted by Gasteiger charge is -2.49. The molecule has 0 unspecified atom stereocenters. The van der Waals surface area contributed by atoms with Crippen molar-refractivity contribution in [2.75, 3.05) is 0 Å². The highest BCUT2D eigenvalue weighted by molar-refractivity contribution is 7.80. The molecule has 1 aromatic rings. The van der Waals surface area contributed by atoms with Gasteiger partial charge in [-0.25, -0.2) is 0 Å². The van der Waals surface area contributed by atoms with E-state index in [2.05, 4.69) is 5.32 Å². The molecule has 1 heterocycles. The number of hydrogen-bond donors (Lipinski definition) is 2. The van der Waals surface area contributed by atoms with E-state index in [9.17, 15) is 18.3 Å². The molecule has 0 amide bonds. The van der Waals surface area contributed by atoms with Gasteiger partial charge in [0.1, 0.15) is 5.72 Å². The van der Waals surface area contributed by atoms with Crippen LogP contribution in [0.25, 0.3) is 0 Å². The van der Waals surface area contributed by atoms with E-state index in [1.165, 1.54) is 11.0 Å². The first-order valence-corrected chi connectivity index (χ1v) is 7.30. The third-order valence-corrected chi connectivity index (χ3v) is 3.97. The van der Waals surface area contributed by atoms with Crippen LogP contribution in [0.5, 0.6) is 0 Å². The van der Waals surface area contributed by atoms with Crippen LogP contribution in [0.15, 0.2) is 24.3 Å². The molecule has 3 nitrogen and oxygen atoms in total. The number of benzene rings is 1. The third kappa shape index (κ3) is 3.70. The summed E-state index contributed by atoms with van der Waals surface area (Å²) < 4.78 is 38.3. The molecule has 1 aliphatic rings. The fraction of sp³-hybridized carbons (Fsp3) is 0.533. The molecule has 1 atom stereocenters. The second kappa shape index (κ2) is 5.38. The van der Waals surface area contributed by atoms with Gasteiger partial charge in [-0.2, -0.15) is 13.2 Å². The predicted octanol–water partition coefficient (Wildman–Crippen LogP) is 3.27.